The number of amides is 3. The quantitative estimate of drug-likeness (QED) is 0.164. The van der Waals surface area contributed by atoms with Gasteiger partial charge in [-0.15, -0.1) is 5.06 Å². The molecule has 11 nitrogen and oxygen atoms in total. The van der Waals surface area contributed by atoms with Crippen molar-refractivity contribution in [1.29, 1.82) is 0 Å². The first-order chi connectivity index (χ1) is 18.0. The maximum Gasteiger partial charge on any atom is 0.333 e. The molecule has 0 saturated carbocycles. The molecule has 1 aliphatic heterocycles. The standard InChI is InChI=1S/C24H27N3O8S3/c1-15-9-10-17(18(13-15)36-37-23-16(2)7-6-12-26-23)22(30)25-11-5-3-4-8-21(29)35-27-20(28)14-19(24(27)31)38(32,33)34/h6-7,9-10,12-13,19H,3-5,8,11,14H2,1-2H3,(H,25,30)(H,32,33,34). The van der Waals surface area contributed by atoms with Crippen LogP contribution in [-0.2, 0) is 29.3 Å². The van der Waals surface area contributed by atoms with Crippen LogP contribution in [0.1, 0.15) is 53.6 Å². The molecule has 0 spiro atoms. The van der Waals surface area contributed by atoms with Gasteiger partial charge in [0.05, 0.1) is 12.0 Å². The summed E-state index contributed by atoms with van der Waals surface area (Å²) >= 11 is 0. The van der Waals surface area contributed by atoms with E-state index in [1.807, 2.05) is 38.1 Å². The summed E-state index contributed by atoms with van der Waals surface area (Å²) in [6.45, 7) is 4.30. The minimum atomic E-state index is -4.77. The number of aromatic nitrogens is 1. The number of aryl methyl sites for hydroxylation is 2. The molecular formula is C24H27N3O8S3. The fraction of sp³-hybridized carbons (Fsp3) is 0.375. The minimum Gasteiger partial charge on any atom is -0.352 e. The minimum absolute atomic E-state index is 0.0889. The van der Waals surface area contributed by atoms with Crippen LogP contribution in [0.2, 0.25) is 0 Å². The summed E-state index contributed by atoms with van der Waals surface area (Å²) in [5, 5.41) is 1.88. The number of pyridine rings is 1. The number of imide groups is 1. The van der Waals surface area contributed by atoms with Crippen LogP contribution < -0.4 is 5.32 Å². The van der Waals surface area contributed by atoms with Crippen LogP contribution in [0.15, 0.2) is 46.5 Å². The fourth-order valence-electron chi connectivity index (χ4n) is 3.46. The smallest absolute Gasteiger partial charge is 0.333 e. The predicted octanol–water partition coefficient (Wildman–Crippen LogP) is 3.26. The number of unbranched alkanes of at least 4 members (excludes halogenated alkanes) is 2. The summed E-state index contributed by atoms with van der Waals surface area (Å²) in [6.07, 6.45) is 2.30. The molecule has 0 radical (unpaired) electrons. The van der Waals surface area contributed by atoms with E-state index >= 15 is 0 Å². The number of hydrogen-bond acceptors (Lipinski definition) is 10. The van der Waals surface area contributed by atoms with Crippen molar-refractivity contribution in [2.24, 2.45) is 0 Å². The summed E-state index contributed by atoms with van der Waals surface area (Å²) in [7, 11) is -1.82. The number of carbonyl (C=O) groups excluding carboxylic acids is 4. The lowest BCUT2D eigenvalue weighted by atomic mass is 10.1. The molecule has 2 aromatic rings. The molecule has 204 valence electrons. The second-order valence-corrected chi connectivity index (χ2v) is 12.3. The maximum absolute atomic E-state index is 12.8. The third kappa shape index (κ3) is 8.03. The Morgan fingerprint density at radius 2 is 1.92 bits per heavy atom. The van der Waals surface area contributed by atoms with E-state index in [1.54, 1.807) is 12.3 Å². The van der Waals surface area contributed by atoms with Gasteiger partial charge in [-0.1, -0.05) is 29.3 Å². The van der Waals surface area contributed by atoms with Gasteiger partial charge in [0, 0.05) is 24.1 Å². The monoisotopic (exact) mass is 581 g/mol. The number of hydroxylamine groups is 2. The highest BCUT2D eigenvalue weighted by Gasteiger charge is 2.48. The highest BCUT2D eigenvalue weighted by atomic mass is 33.1. The van der Waals surface area contributed by atoms with Gasteiger partial charge < -0.3 is 10.2 Å². The molecule has 1 atom stereocenters. The van der Waals surface area contributed by atoms with E-state index in [1.165, 1.54) is 21.6 Å². The summed E-state index contributed by atoms with van der Waals surface area (Å²) in [5.41, 5.74) is 2.63. The van der Waals surface area contributed by atoms with Gasteiger partial charge in [-0.2, -0.15) is 8.42 Å². The van der Waals surface area contributed by atoms with Crippen LogP contribution >= 0.6 is 21.6 Å². The molecule has 3 rings (SSSR count). The Morgan fingerprint density at radius 3 is 2.61 bits per heavy atom. The number of nitrogens with zero attached hydrogens (tertiary/aromatic N) is 2. The fourth-order valence-corrected chi connectivity index (χ4v) is 6.56. The summed E-state index contributed by atoms with van der Waals surface area (Å²) in [6, 6.07) is 9.45. The van der Waals surface area contributed by atoms with Crippen LogP contribution in [-0.4, -0.2) is 58.5 Å². The highest BCUT2D eigenvalue weighted by Crippen LogP contribution is 2.39. The molecular weight excluding hydrogens is 554 g/mol. The van der Waals surface area contributed by atoms with Gasteiger partial charge in [-0.25, -0.2) is 9.78 Å². The lowest BCUT2D eigenvalue weighted by Crippen LogP contribution is -2.36. The topological polar surface area (TPSA) is 160 Å². The molecule has 1 fully saturated rings. The molecule has 1 aromatic heterocycles. The van der Waals surface area contributed by atoms with E-state index in [9.17, 15) is 27.6 Å². The van der Waals surface area contributed by atoms with Crippen molar-refractivity contribution >= 4 is 55.4 Å². The number of benzene rings is 1. The Labute approximate surface area is 228 Å². The van der Waals surface area contributed by atoms with Gasteiger partial charge in [0.15, 0.2) is 5.25 Å². The van der Waals surface area contributed by atoms with Crippen molar-refractivity contribution in [3.63, 3.8) is 0 Å². The van der Waals surface area contributed by atoms with Gasteiger partial charge >= 0.3 is 5.97 Å². The van der Waals surface area contributed by atoms with E-state index in [2.05, 4.69) is 10.3 Å². The Balaban J connectivity index is 1.41. The molecule has 3 amide bonds. The molecule has 1 aliphatic rings. The third-order valence-electron chi connectivity index (χ3n) is 5.51. The lowest BCUT2D eigenvalue weighted by molar-refractivity contribution is -0.197. The number of carbonyl (C=O) groups is 4. The number of hydrogen-bond donors (Lipinski definition) is 2. The second kappa shape index (κ2) is 13.2. The van der Waals surface area contributed by atoms with Crippen molar-refractivity contribution in [2.45, 2.75) is 61.1 Å². The average molecular weight is 582 g/mol. The summed E-state index contributed by atoms with van der Waals surface area (Å²) in [5.74, 6) is -3.41. The molecule has 1 unspecified atom stereocenters. The average Bonchev–Trinajstić information content (AvgIpc) is 3.14. The lowest BCUT2D eigenvalue weighted by Gasteiger charge is -2.13. The van der Waals surface area contributed by atoms with Crippen molar-refractivity contribution in [1.82, 2.24) is 15.4 Å². The zero-order chi connectivity index (χ0) is 27.9. The predicted molar refractivity (Wildman–Crippen MR) is 141 cm³/mol. The summed E-state index contributed by atoms with van der Waals surface area (Å²) < 4.78 is 31.3. The van der Waals surface area contributed by atoms with Crippen LogP contribution in [0.3, 0.4) is 0 Å². The van der Waals surface area contributed by atoms with Gasteiger partial charge in [0.2, 0.25) is 0 Å². The van der Waals surface area contributed by atoms with Crippen molar-refractivity contribution in [3.8, 4) is 0 Å². The van der Waals surface area contributed by atoms with Crippen molar-refractivity contribution < 1.29 is 37.0 Å². The number of rotatable bonds is 12. The first kappa shape index (κ1) is 29.6. The van der Waals surface area contributed by atoms with Gasteiger partial charge in [0.1, 0.15) is 5.03 Å². The van der Waals surface area contributed by atoms with E-state index in [0.717, 1.165) is 21.0 Å². The Bertz CT molecular complexity index is 1330. The molecule has 1 saturated heterocycles. The maximum atomic E-state index is 12.8. The number of nitrogens with one attached hydrogen (secondary N) is 1. The van der Waals surface area contributed by atoms with Gasteiger partial charge in [0.25, 0.3) is 27.8 Å². The van der Waals surface area contributed by atoms with Crippen molar-refractivity contribution in [2.75, 3.05) is 6.54 Å². The molecule has 2 heterocycles. The van der Waals surface area contributed by atoms with E-state index in [0.29, 0.717) is 31.4 Å². The van der Waals surface area contributed by atoms with Crippen LogP contribution in [0.5, 0.6) is 0 Å². The van der Waals surface area contributed by atoms with Gasteiger partial charge in [-0.05, 0) is 66.8 Å². The van der Waals surface area contributed by atoms with Crippen LogP contribution in [0.25, 0.3) is 0 Å². The first-order valence-electron chi connectivity index (χ1n) is 11.7. The van der Waals surface area contributed by atoms with Crippen LogP contribution in [0, 0.1) is 13.8 Å². The normalized spacial score (nSPS) is 15.6. The SMILES string of the molecule is Cc1ccc(C(=O)NCCCCCC(=O)ON2C(=O)CC(S(=O)(=O)O)C2=O)c(SSc2ncccc2C)c1. The van der Waals surface area contributed by atoms with Crippen molar-refractivity contribution in [3.05, 3.63) is 53.2 Å². The van der Waals surface area contributed by atoms with E-state index in [4.69, 9.17) is 9.39 Å². The largest absolute Gasteiger partial charge is 0.352 e. The van der Waals surface area contributed by atoms with E-state index < -0.39 is 39.6 Å². The molecule has 38 heavy (non-hydrogen) atoms. The van der Waals surface area contributed by atoms with E-state index in [-0.39, 0.29) is 17.4 Å². The molecule has 2 N–H and O–H groups in total. The zero-order valence-corrected chi connectivity index (χ0v) is 23.2. The second-order valence-electron chi connectivity index (χ2n) is 8.56. The zero-order valence-electron chi connectivity index (χ0n) is 20.7. The Kier molecular flexibility index (Phi) is 10.3. The Hall–Kier alpha value is -2.94. The third-order valence-corrected chi connectivity index (χ3v) is 9.05. The van der Waals surface area contributed by atoms with Crippen LogP contribution in [0.4, 0.5) is 0 Å². The Morgan fingerprint density at radius 1 is 1.16 bits per heavy atom. The highest BCUT2D eigenvalue weighted by molar-refractivity contribution is 8.76. The molecule has 0 aliphatic carbocycles. The molecule has 14 heteroatoms. The van der Waals surface area contributed by atoms with Gasteiger partial charge in [-0.3, -0.25) is 18.9 Å². The molecule has 0 bridgehead atoms. The first-order valence-corrected chi connectivity index (χ1v) is 15.3. The molecule has 1 aromatic carbocycles. The summed E-state index contributed by atoms with van der Waals surface area (Å²) in [4.78, 5) is 58.3.